The Balaban J connectivity index is 1.70. The van der Waals surface area contributed by atoms with Crippen LogP contribution in [0.5, 0.6) is 0 Å². The van der Waals surface area contributed by atoms with Crippen molar-refractivity contribution in [1.82, 2.24) is 4.98 Å². The molecule has 2 aliphatic rings. The van der Waals surface area contributed by atoms with Crippen molar-refractivity contribution >= 4 is 28.5 Å². The Hall–Kier alpha value is -2.45. The lowest BCUT2D eigenvalue weighted by molar-refractivity contribution is 0.00886. The van der Waals surface area contributed by atoms with Gasteiger partial charge in [-0.15, -0.1) is 0 Å². The summed E-state index contributed by atoms with van der Waals surface area (Å²) in [5, 5.41) is 3.24. The Bertz CT molecular complexity index is 893. The van der Waals surface area contributed by atoms with Gasteiger partial charge >= 0.3 is 0 Å². The Morgan fingerprint density at radius 1 is 1.37 bits per heavy atom. The van der Waals surface area contributed by atoms with E-state index in [2.05, 4.69) is 15.3 Å². The number of carbonyl (C=O) groups is 1. The van der Waals surface area contributed by atoms with Crippen molar-refractivity contribution in [1.29, 1.82) is 0 Å². The average Bonchev–Trinajstić information content (AvgIpc) is 2.69. The van der Waals surface area contributed by atoms with Crippen LogP contribution in [0.2, 0.25) is 0 Å². The quantitative estimate of drug-likeness (QED) is 0.847. The van der Waals surface area contributed by atoms with Gasteiger partial charge in [0.15, 0.2) is 5.17 Å². The molecule has 6 nitrogen and oxygen atoms in total. The van der Waals surface area contributed by atoms with E-state index < -0.39 is 5.54 Å². The Morgan fingerprint density at radius 3 is 3.07 bits per heavy atom. The molecule has 3 N–H and O–H groups in total. The summed E-state index contributed by atoms with van der Waals surface area (Å²) in [6.45, 7) is 0.996. The molecular weight excluding hydrogens is 367 g/mol. The number of fused-ring (bicyclic) bond motifs is 1. The third-order valence-corrected chi connectivity index (χ3v) is 5.91. The molecule has 4 rings (SSSR count). The van der Waals surface area contributed by atoms with Crippen LogP contribution in [0.1, 0.15) is 22.5 Å². The van der Waals surface area contributed by atoms with Crippen LogP contribution in [0.4, 0.5) is 10.1 Å². The molecule has 1 fully saturated rings. The van der Waals surface area contributed by atoms with Gasteiger partial charge in [-0.2, -0.15) is 0 Å². The number of ether oxygens (including phenoxy) is 1. The molecule has 0 spiro atoms. The molecule has 1 aromatic carbocycles. The second-order valence-corrected chi connectivity index (χ2v) is 7.61. The number of amides is 1. The van der Waals surface area contributed by atoms with Gasteiger partial charge < -0.3 is 15.8 Å². The molecule has 0 bridgehead atoms. The molecule has 8 heteroatoms. The second kappa shape index (κ2) is 7.28. The van der Waals surface area contributed by atoms with Crippen molar-refractivity contribution in [3.05, 3.63) is 59.7 Å². The molecule has 140 valence electrons. The molecule has 2 atom stereocenters. The highest BCUT2D eigenvalue weighted by Gasteiger charge is 2.47. The molecule has 0 saturated carbocycles. The van der Waals surface area contributed by atoms with E-state index in [-0.39, 0.29) is 17.6 Å². The molecule has 3 heterocycles. The van der Waals surface area contributed by atoms with E-state index in [4.69, 9.17) is 10.5 Å². The number of carbonyl (C=O) groups excluding carboxylic acids is 1. The van der Waals surface area contributed by atoms with Gasteiger partial charge in [0.25, 0.3) is 5.91 Å². The Labute approximate surface area is 160 Å². The van der Waals surface area contributed by atoms with Gasteiger partial charge in [0.1, 0.15) is 11.5 Å². The Kier molecular flexibility index (Phi) is 4.84. The third kappa shape index (κ3) is 3.42. The first kappa shape index (κ1) is 17.9. The maximum atomic E-state index is 14.8. The van der Waals surface area contributed by atoms with Gasteiger partial charge in [-0.3, -0.25) is 14.8 Å². The summed E-state index contributed by atoms with van der Waals surface area (Å²) < 4.78 is 20.4. The normalized spacial score (nSPS) is 24.6. The van der Waals surface area contributed by atoms with Gasteiger partial charge in [-0.1, -0.05) is 17.8 Å². The summed E-state index contributed by atoms with van der Waals surface area (Å²) in [6, 6.07) is 9.65. The number of nitrogens with one attached hydrogen (secondary N) is 1. The smallest absolute Gasteiger partial charge is 0.274 e. The molecule has 0 aliphatic carbocycles. The minimum atomic E-state index is -0.761. The van der Waals surface area contributed by atoms with E-state index in [1.165, 1.54) is 23.9 Å². The number of anilines is 1. The van der Waals surface area contributed by atoms with E-state index in [9.17, 15) is 9.18 Å². The van der Waals surface area contributed by atoms with Crippen LogP contribution in [0, 0.1) is 11.7 Å². The summed E-state index contributed by atoms with van der Waals surface area (Å²) in [7, 11) is 0. The number of aliphatic imine (C=N–C) groups is 1. The fourth-order valence-corrected chi connectivity index (χ4v) is 4.56. The number of halogens is 1. The predicted octanol–water partition coefficient (Wildman–Crippen LogP) is 2.77. The van der Waals surface area contributed by atoms with E-state index in [0.717, 1.165) is 5.75 Å². The minimum absolute atomic E-state index is 0.0276. The number of nitrogens with zero attached hydrogens (tertiary/aromatic N) is 2. The first-order valence-corrected chi connectivity index (χ1v) is 9.65. The zero-order valence-corrected chi connectivity index (χ0v) is 15.3. The highest BCUT2D eigenvalue weighted by atomic mass is 32.2. The average molecular weight is 386 g/mol. The van der Waals surface area contributed by atoms with Gasteiger partial charge in [0.2, 0.25) is 0 Å². The van der Waals surface area contributed by atoms with Crippen LogP contribution in [-0.2, 0) is 10.3 Å². The summed E-state index contributed by atoms with van der Waals surface area (Å²) in [6.07, 6.45) is 2.10. The maximum absolute atomic E-state index is 14.8. The van der Waals surface area contributed by atoms with Gasteiger partial charge in [0.05, 0.1) is 12.1 Å². The lowest BCUT2D eigenvalue weighted by Gasteiger charge is -2.44. The number of benzene rings is 1. The van der Waals surface area contributed by atoms with Crippen LogP contribution >= 0.6 is 11.8 Å². The lowest BCUT2D eigenvalue weighted by Crippen LogP contribution is -2.47. The predicted molar refractivity (Wildman–Crippen MR) is 103 cm³/mol. The number of hydrogen-bond donors (Lipinski definition) is 2. The van der Waals surface area contributed by atoms with E-state index in [1.54, 1.807) is 30.5 Å². The fraction of sp³-hybridized carbons (Fsp3) is 0.316. The summed E-state index contributed by atoms with van der Waals surface area (Å²) in [4.78, 5) is 21.1. The third-order valence-electron chi connectivity index (χ3n) is 4.95. The van der Waals surface area contributed by atoms with Crippen molar-refractivity contribution in [2.45, 2.75) is 12.0 Å². The number of nitrogens with two attached hydrogens (primary N) is 1. The molecule has 1 aromatic heterocycles. The number of hydrogen-bond acceptors (Lipinski definition) is 6. The zero-order valence-electron chi connectivity index (χ0n) is 14.5. The Morgan fingerprint density at radius 2 is 2.26 bits per heavy atom. The first-order chi connectivity index (χ1) is 13.1. The first-order valence-electron chi connectivity index (χ1n) is 8.67. The number of aromatic nitrogens is 1. The molecule has 27 heavy (non-hydrogen) atoms. The van der Waals surface area contributed by atoms with Gasteiger partial charge in [-0.25, -0.2) is 4.39 Å². The summed E-state index contributed by atoms with van der Waals surface area (Å²) >= 11 is 1.46. The molecule has 2 aromatic rings. The molecule has 1 unspecified atom stereocenters. The highest BCUT2D eigenvalue weighted by Crippen LogP contribution is 2.46. The molecular formula is C19H19FN4O2S. The number of amidine groups is 1. The van der Waals surface area contributed by atoms with Crippen LogP contribution in [0.3, 0.4) is 0 Å². The highest BCUT2D eigenvalue weighted by molar-refractivity contribution is 8.13. The maximum Gasteiger partial charge on any atom is 0.274 e. The lowest BCUT2D eigenvalue weighted by atomic mass is 9.75. The largest absolute Gasteiger partial charge is 0.381 e. The van der Waals surface area contributed by atoms with Crippen LogP contribution < -0.4 is 11.1 Å². The van der Waals surface area contributed by atoms with Crippen molar-refractivity contribution in [2.24, 2.45) is 16.6 Å². The number of thioether (sulfide) groups is 1. The van der Waals surface area contributed by atoms with Gasteiger partial charge in [0, 0.05) is 42.1 Å². The summed E-state index contributed by atoms with van der Waals surface area (Å²) in [5.41, 5.74) is 6.45. The van der Waals surface area contributed by atoms with Gasteiger partial charge in [-0.05, 0) is 30.3 Å². The monoisotopic (exact) mass is 386 g/mol. The van der Waals surface area contributed by atoms with E-state index >= 15 is 0 Å². The number of pyridine rings is 1. The zero-order chi connectivity index (χ0) is 18.9. The minimum Gasteiger partial charge on any atom is -0.381 e. The molecule has 0 radical (unpaired) electrons. The van der Waals surface area contributed by atoms with E-state index in [0.29, 0.717) is 41.7 Å². The standard InChI is InChI=1S/C19H19FN4O2S/c20-15-5-4-13(23-17(25)16-3-1-2-7-22-16)9-14(15)19-6-8-26-10-12(19)11-27-18(21)24-19/h1-5,7,9,12H,6,8,10-11H2,(H2,21,24)(H,23,25)/t12?,19-/m0/s1. The molecule has 2 aliphatic heterocycles. The SMILES string of the molecule is NC1=N[C@@]2(c3cc(NC(=O)c4ccccn4)ccc3F)CCOCC2CS1. The van der Waals surface area contributed by atoms with Crippen LogP contribution in [0.25, 0.3) is 0 Å². The fourth-order valence-electron chi connectivity index (χ4n) is 3.59. The topological polar surface area (TPSA) is 89.6 Å². The van der Waals surface area contributed by atoms with Crippen LogP contribution in [0.15, 0.2) is 47.6 Å². The van der Waals surface area contributed by atoms with Crippen molar-refractivity contribution in [3.63, 3.8) is 0 Å². The number of rotatable bonds is 3. The summed E-state index contributed by atoms with van der Waals surface area (Å²) in [5.74, 6) is 0.0385. The van der Waals surface area contributed by atoms with E-state index in [1.807, 2.05) is 0 Å². The van der Waals surface area contributed by atoms with Crippen molar-refractivity contribution < 1.29 is 13.9 Å². The van der Waals surface area contributed by atoms with Crippen molar-refractivity contribution in [3.8, 4) is 0 Å². The van der Waals surface area contributed by atoms with Crippen LogP contribution in [-0.4, -0.2) is 35.0 Å². The van der Waals surface area contributed by atoms with Crippen molar-refractivity contribution in [2.75, 3.05) is 24.3 Å². The second-order valence-electron chi connectivity index (χ2n) is 6.57. The molecule has 1 saturated heterocycles. The molecule has 1 amide bonds.